The Kier molecular flexibility index (Phi) is 5.53. The Hall–Kier alpha value is -3.02. The average Bonchev–Trinajstić information content (AvgIpc) is 2.76. The molecule has 130 valence electrons. The van der Waals surface area contributed by atoms with Crippen LogP contribution in [0.2, 0.25) is 0 Å². The minimum Gasteiger partial charge on any atom is -0.256 e. The Balaban J connectivity index is 1.64. The first-order valence-electron chi connectivity index (χ1n) is 8.99. The third kappa shape index (κ3) is 4.39. The van der Waals surface area contributed by atoms with Crippen LogP contribution in [-0.2, 0) is 0 Å². The minimum absolute atomic E-state index is 0.556. The fraction of sp³-hybridized carbons (Fsp3) is 0. The molecule has 0 unspecified atom stereocenters. The van der Waals surface area contributed by atoms with Gasteiger partial charge in [-0.05, 0) is 41.5 Å². The average molecular weight is 365 g/mol. The van der Waals surface area contributed by atoms with Gasteiger partial charge in [0.25, 0.3) is 0 Å². The molecule has 0 spiro atoms. The maximum Gasteiger partial charge on any atom is 0.0629 e. The van der Waals surface area contributed by atoms with Crippen molar-refractivity contribution in [2.24, 2.45) is 4.99 Å². The molecule has 0 heterocycles. The molecule has 1 nitrogen and oxygen atoms in total. The van der Waals surface area contributed by atoms with E-state index in [-0.39, 0.29) is 0 Å². The number of aliphatic imine (C=N–C) groups is 1. The van der Waals surface area contributed by atoms with E-state index in [4.69, 9.17) is 0 Å². The molecule has 0 amide bonds. The monoisotopic (exact) mass is 365 g/mol. The number of para-hydroxylation sites is 1. The zero-order valence-electron chi connectivity index (χ0n) is 14.9. The maximum absolute atomic E-state index is 4.55. The molecule has 4 aromatic carbocycles. The number of hydrogen-bond donors (Lipinski definition) is 0. The summed E-state index contributed by atoms with van der Waals surface area (Å²) in [6.45, 7) is 0. The van der Waals surface area contributed by atoms with Gasteiger partial charge in [-0.2, -0.15) is 0 Å². The Morgan fingerprint density at radius 3 is 1.44 bits per heavy atom. The Morgan fingerprint density at radius 1 is 0.481 bits per heavy atom. The minimum atomic E-state index is -0.556. The van der Waals surface area contributed by atoms with Gasteiger partial charge in [0.1, 0.15) is 0 Å². The van der Waals surface area contributed by atoms with E-state index in [1.165, 1.54) is 15.9 Å². The molecule has 0 saturated carbocycles. The molecule has 0 aliphatic carbocycles. The molecule has 0 saturated heterocycles. The summed E-state index contributed by atoms with van der Waals surface area (Å²) in [6, 6.07) is 40.3. The van der Waals surface area contributed by atoms with Crippen molar-refractivity contribution in [3.8, 4) is 0 Å². The summed E-state index contributed by atoms with van der Waals surface area (Å²) in [4.78, 5) is 4.55. The van der Waals surface area contributed by atoms with Gasteiger partial charge in [-0.25, -0.2) is 0 Å². The van der Waals surface area contributed by atoms with Gasteiger partial charge in [0.05, 0.1) is 5.69 Å². The number of rotatable bonds is 5. The van der Waals surface area contributed by atoms with Gasteiger partial charge in [-0.1, -0.05) is 103 Å². The second-order valence-electron chi connectivity index (χ2n) is 6.19. The number of benzene rings is 4. The van der Waals surface area contributed by atoms with Crippen molar-refractivity contribution in [2.75, 3.05) is 0 Å². The van der Waals surface area contributed by atoms with E-state index >= 15 is 0 Å². The van der Waals surface area contributed by atoms with Crippen molar-refractivity contribution in [1.82, 2.24) is 0 Å². The van der Waals surface area contributed by atoms with Crippen LogP contribution in [-0.4, -0.2) is 6.21 Å². The first-order valence-corrected chi connectivity index (χ1v) is 10.3. The molecule has 0 aliphatic rings. The van der Waals surface area contributed by atoms with Crippen LogP contribution in [0.3, 0.4) is 0 Å². The molecule has 27 heavy (non-hydrogen) atoms. The molecular weight excluding hydrogens is 345 g/mol. The lowest BCUT2D eigenvalue weighted by Crippen LogP contribution is -2.20. The van der Waals surface area contributed by atoms with Crippen molar-refractivity contribution in [3.63, 3.8) is 0 Å². The summed E-state index contributed by atoms with van der Waals surface area (Å²) in [6.07, 6.45) is 1.92. The second kappa shape index (κ2) is 8.58. The summed E-state index contributed by atoms with van der Waals surface area (Å²) >= 11 is 0. The molecule has 0 fully saturated rings. The highest BCUT2D eigenvalue weighted by Crippen LogP contribution is 2.32. The van der Waals surface area contributed by atoms with Crippen molar-refractivity contribution < 1.29 is 0 Å². The summed E-state index contributed by atoms with van der Waals surface area (Å²) in [5.41, 5.74) is 2.08. The van der Waals surface area contributed by atoms with Crippen LogP contribution in [0.5, 0.6) is 0 Å². The predicted molar refractivity (Wildman–Crippen MR) is 119 cm³/mol. The van der Waals surface area contributed by atoms with Gasteiger partial charge >= 0.3 is 0 Å². The molecule has 2 heteroatoms. The summed E-state index contributed by atoms with van der Waals surface area (Å²) in [5, 5.41) is 4.08. The standard InChI is InChI=1S/C25H20NP/c1-4-10-22(11-5-1)26-20-21-16-18-25(19-17-21)27(23-12-6-2-7-13-23)24-14-8-3-9-15-24/h1-20H. The molecule has 0 atom stereocenters. The van der Waals surface area contributed by atoms with Crippen LogP contribution in [0.1, 0.15) is 5.56 Å². The van der Waals surface area contributed by atoms with Gasteiger partial charge in [-0.15, -0.1) is 0 Å². The van der Waals surface area contributed by atoms with E-state index in [2.05, 4.69) is 89.9 Å². The second-order valence-corrected chi connectivity index (χ2v) is 8.41. The smallest absolute Gasteiger partial charge is 0.0629 e. The van der Waals surface area contributed by atoms with E-state index in [9.17, 15) is 0 Å². The lowest BCUT2D eigenvalue weighted by Gasteiger charge is -2.19. The SMILES string of the molecule is C(=Nc1ccccc1)c1ccc(P(c2ccccc2)c2ccccc2)cc1. The van der Waals surface area contributed by atoms with Crippen molar-refractivity contribution in [1.29, 1.82) is 0 Å². The molecule has 4 rings (SSSR count). The largest absolute Gasteiger partial charge is 0.256 e. The molecule has 0 radical (unpaired) electrons. The van der Waals surface area contributed by atoms with E-state index in [1.807, 2.05) is 36.5 Å². The quantitative estimate of drug-likeness (QED) is 0.341. The van der Waals surface area contributed by atoms with Crippen LogP contribution in [0, 0.1) is 0 Å². The topological polar surface area (TPSA) is 12.4 Å². The highest BCUT2D eigenvalue weighted by atomic mass is 31.1. The van der Waals surface area contributed by atoms with Crippen LogP contribution >= 0.6 is 7.92 Å². The normalized spacial score (nSPS) is 11.1. The number of nitrogens with zero attached hydrogens (tertiary/aromatic N) is 1. The highest BCUT2D eigenvalue weighted by Gasteiger charge is 2.15. The van der Waals surface area contributed by atoms with Crippen LogP contribution in [0.4, 0.5) is 5.69 Å². The number of hydrogen-bond acceptors (Lipinski definition) is 1. The van der Waals surface area contributed by atoms with E-state index < -0.39 is 7.92 Å². The maximum atomic E-state index is 4.55. The Labute approximate surface area is 161 Å². The third-order valence-corrected chi connectivity index (χ3v) is 6.74. The molecule has 0 N–H and O–H groups in total. The van der Waals surface area contributed by atoms with Crippen LogP contribution < -0.4 is 15.9 Å². The Bertz CT molecular complexity index is 955. The van der Waals surface area contributed by atoms with Crippen LogP contribution in [0.25, 0.3) is 0 Å². The first kappa shape index (κ1) is 17.4. The molecule has 0 bridgehead atoms. The fourth-order valence-electron chi connectivity index (χ4n) is 2.97. The molecule has 0 aromatic heterocycles. The van der Waals surface area contributed by atoms with Crippen molar-refractivity contribution in [2.45, 2.75) is 0 Å². The molecule has 4 aromatic rings. The first-order chi connectivity index (χ1) is 13.4. The van der Waals surface area contributed by atoms with Gasteiger partial charge in [-0.3, -0.25) is 4.99 Å². The fourth-order valence-corrected chi connectivity index (χ4v) is 5.26. The highest BCUT2D eigenvalue weighted by molar-refractivity contribution is 7.79. The third-order valence-electron chi connectivity index (χ3n) is 4.30. The molecule has 0 aliphatic heterocycles. The molecular formula is C25H20NP. The zero-order chi connectivity index (χ0) is 18.3. The summed E-state index contributed by atoms with van der Waals surface area (Å²) in [5.74, 6) is 0. The van der Waals surface area contributed by atoms with E-state index in [0.29, 0.717) is 0 Å². The van der Waals surface area contributed by atoms with E-state index in [0.717, 1.165) is 11.3 Å². The summed E-state index contributed by atoms with van der Waals surface area (Å²) in [7, 11) is -0.556. The van der Waals surface area contributed by atoms with Crippen molar-refractivity contribution >= 4 is 35.7 Å². The lowest BCUT2D eigenvalue weighted by molar-refractivity contribution is 1.53. The summed E-state index contributed by atoms with van der Waals surface area (Å²) < 4.78 is 0. The predicted octanol–water partition coefficient (Wildman–Crippen LogP) is 5.20. The lowest BCUT2D eigenvalue weighted by atomic mass is 10.2. The van der Waals surface area contributed by atoms with Gasteiger partial charge in [0.2, 0.25) is 0 Å². The Morgan fingerprint density at radius 2 is 0.926 bits per heavy atom. The van der Waals surface area contributed by atoms with Gasteiger partial charge < -0.3 is 0 Å². The van der Waals surface area contributed by atoms with Gasteiger partial charge in [0, 0.05) is 6.21 Å². The van der Waals surface area contributed by atoms with Gasteiger partial charge in [0.15, 0.2) is 0 Å². The van der Waals surface area contributed by atoms with Crippen LogP contribution in [0.15, 0.2) is 120 Å². The van der Waals surface area contributed by atoms with Crippen molar-refractivity contribution in [3.05, 3.63) is 121 Å². The zero-order valence-corrected chi connectivity index (χ0v) is 15.8. The van der Waals surface area contributed by atoms with E-state index in [1.54, 1.807) is 0 Å².